The number of amides is 3. The van der Waals surface area contributed by atoms with Gasteiger partial charge < -0.3 is 0 Å². The van der Waals surface area contributed by atoms with Crippen molar-refractivity contribution in [3.05, 3.63) is 0 Å². The van der Waals surface area contributed by atoms with E-state index in [2.05, 4.69) is 31.4 Å². The molecule has 1 aliphatic rings. The van der Waals surface area contributed by atoms with Crippen LogP contribution < -0.4 is 10.6 Å². The van der Waals surface area contributed by atoms with E-state index in [9.17, 15) is 9.59 Å². The van der Waals surface area contributed by atoms with Crippen LogP contribution in [-0.4, -0.2) is 52.7 Å². The predicted molar refractivity (Wildman–Crippen MR) is 107 cm³/mol. The molecule has 0 bridgehead atoms. The minimum Gasteiger partial charge on any atom is -0.297 e. The Hall–Kier alpha value is -1.14. The molecule has 0 aromatic heterocycles. The zero-order chi connectivity index (χ0) is 19.7. The van der Waals surface area contributed by atoms with Crippen LogP contribution in [0.2, 0.25) is 0 Å². The Kier molecular flexibility index (Phi) is 9.58. The summed E-state index contributed by atoms with van der Waals surface area (Å²) in [5.74, 6) is -0.0726. The Morgan fingerprint density at radius 2 is 1.38 bits per heavy atom. The monoisotopic (exact) mass is 368 g/mol. The number of rotatable bonds is 13. The number of hydrogen-bond acceptors (Lipinski definition) is 4. The van der Waals surface area contributed by atoms with Gasteiger partial charge in [-0.3, -0.25) is 20.3 Å². The van der Waals surface area contributed by atoms with E-state index in [1.807, 2.05) is 20.8 Å². The maximum Gasteiger partial charge on any atom is 0.330 e. The molecule has 26 heavy (non-hydrogen) atoms. The molecule has 1 aliphatic heterocycles. The summed E-state index contributed by atoms with van der Waals surface area (Å²) in [6, 6.07) is -0.179. The minimum atomic E-state index is -0.771. The molecule has 6 heteroatoms. The fourth-order valence-corrected chi connectivity index (χ4v) is 3.62. The second-order valence-corrected chi connectivity index (χ2v) is 7.67. The molecule has 2 N–H and O–H groups in total. The Morgan fingerprint density at radius 1 is 0.885 bits per heavy atom. The fraction of sp³-hybridized carbons (Fsp3) is 0.900. The van der Waals surface area contributed by atoms with Crippen LogP contribution in [0.5, 0.6) is 0 Å². The highest BCUT2D eigenvalue weighted by Crippen LogP contribution is 2.34. The number of carbonyl (C=O) groups is 2. The van der Waals surface area contributed by atoms with Gasteiger partial charge in [0.1, 0.15) is 5.54 Å². The van der Waals surface area contributed by atoms with Crippen molar-refractivity contribution >= 4 is 11.9 Å². The van der Waals surface area contributed by atoms with E-state index in [4.69, 9.17) is 0 Å². The summed E-state index contributed by atoms with van der Waals surface area (Å²) in [4.78, 5) is 29.7. The summed E-state index contributed by atoms with van der Waals surface area (Å²) < 4.78 is 0. The molecule has 6 nitrogen and oxygen atoms in total. The first-order valence-electron chi connectivity index (χ1n) is 10.5. The van der Waals surface area contributed by atoms with E-state index in [-0.39, 0.29) is 24.3 Å². The van der Waals surface area contributed by atoms with Crippen molar-refractivity contribution in [2.24, 2.45) is 0 Å². The molecule has 1 rings (SSSR count). The number of hydrogen-bond donors (Lipinski definition) is 2. The van der Waals surface area contributed by atoms with Gasteiger partial charge in [0, 0.05) is 0 Å². The molecule has 0 aromatic carbocycles. The van der Waals surface area contributed by atoms with Crippen LogP contribution >= 0.6 is 0 Å². The molecule has 0 aromatic rings. The third-order valence-corrected chi connectivity index (χ3v) is 5.36. The number of imide groups is 1. The lowest BCUT2D eigenvalue weighted by Gasteiger charge is -2.36. The topological polar surface area (TPSA) is 64.7 Å². The lowest BCUT2D eigenvalue weighted by Crippen LogP contribution is -2.55. The SMILES string of the molecule is CCCCNC(C)N1C(=O)N(C(C)NCCCC)C(C)(CCCC)C1=O. The number of unbranched alkanes of at least 4 members (excludes halogenated alkanes) is 3. The first-order chi connectivity index (χ1) is 12.3. The number of nitrogens with one attached hydrogen (secondary N) is 2. The van der Waals surface area contributed by atoms with E-state index in [0.717, 1.165) is 51.6 Å². The molecule has 3 amide bonds. The maximum atomic E-state index is 13.3. The van der Waals surface area contributed by atoms with Crippen molar-refractivity contribution in [3.8, 4) is 0 Å². The van der Waals surface area contributed by atoms with Crippen molar-refractivity contribution in [2.45, 2.75) is 104 Å². The molecular formula is C20H40N4O2. The Morgan fingerprint density at radius 3 is 1.88 bits per heavy atom. The normalized spacial score (nSPS) is 23.0. The van der Waals surface area contributed by atoms with Gasteiger partial charge in [0.05, 0.1) is 12.3 Å². The van der Waals surface area contributed by atoms with Crippen LogP contribution in [0.1, 0.15) is 86.5 Å². The Bertz CT molecular complexity index is 457. The lowest BCUT2D eigenvalue weighted by atomic mass is 9.92. The van der Waals surface area contributed by atoms with Crippen LogP contribution in [0.4, 0.5) is 4.79 Å². The first-order valence-corrected chi connectivity index (χ1v) is 10.5. The van der Waals surface area contributed by atoms with E-state index in [1.54, 1.807) is 4.90 Å². The molecule has 0 aliphatic carbocycles. The average Bonchev–Trinajstić information content (AvgIpc) is 2.80. The third kappa shape index (κ3) is 5.19. The largest absolute Gasteiger partial charge is 0.330 e. The van der Waals surface area contributed by atoms with Gasteiger partial charge in [-0.25, -0.2) is 9.69 Å². The summed E-state index contributed by atoms with van der Waals surface area (Å²) >= 11 is 0. The zero-order valence-corrected chi connectivity index (χ0v) is 17.7. The maximum absolute atomic E-state index is 13.3. The van der Waals surface area contributed by atoms with Gasteiger partial charge in [-0.2, -0.15) is 0 Å². The molecule has 3 unspecified atom stereocenters. The molecule has 1 heterocycles. The van der Waals surface area contributed by atoms with Gasteiger partial charge in [0.2, 0.25) is 0 Å². The number of nitrogens with zero attached hydrogens (tertiary/aromatic N) is 2. The summed E-state index contributed by atoms with van der Waals surface area (Å²) in [6.45, 7) is 13.9. The van der Waals surface area contributed by atoms with E-state index < -0.39 is 5.54 Å². The van der Waals surface area contributed by atoms with Crippen molar-refractivity contribution in [3.63, 3.8) is 0 Å². The highest BCUT2D eigenvalue weighted by atomic mass is 16.2. The molecule has 152 valence electrons. The molecule has 1 fully saturated rings. The van der Waals surface area contributed by atoms with Crippen LogP contribution in [0.25, 0.3) is 0 Å². The average molecular weight is 369 g/mol. The standard InChI is InChI=1S/C20H40N4O2/c1-7-10-13-20(6)18(25)23(16(4)21-14-11-8-2)19(26)24(20)17(5)22-15-12-9-3/h16-17,21-22H,7-15H2,1-6H3. The fourth-order valence-electron chi connectivity index (χ4n) is 3.62. The van der Waals surface area contributed by atoms with E-state index in [0.29, 0.717) is 6.42 Å². The number of carbonyl (C=O) groups excluding carboxylic acids is 2. The molecule has 0 spiro atoms. The van der Waals surface area contributed by atoms with Gasteiger partial charge in [-0.15, -0.1) is 0 Å². The molecule has 3 atom stereocenters. The summed E-state index contributed by atoms with van der Waals surface area (Å²) in [6.07, 6.45) is 6.47. The predicted octanol–water partition coefficient (Wildman–Crippen LogP) is 3.67. The Balaban J connectivity index is 2.99. The zero-order valence-electron chi connectivity index (χ0n) is 17.7. The molecule has 0 saturated carbocycles. The second kappa shape index (κ2) is 10.9. The van der Waals surface area contributed by atoms with Gasteiger partial charge in [0.25, 0.3) is 5.91 Å². The first kappa shape index (κ1) is 22.9. The van der Waals surface area contributed by atoms with Gasteiger partial charge in [-0.1, -0.05) is 46.5 Å². The van der Waals surface area contributed by atoms with Crippen molar-refractivity contribution in [1.29, 1.82) is 0 Å². The smallest absolute Gasteiger partial charge is 0.297 e. The van der Waals surface area contributed by atoms with Crippen molar-refractivity contribution in [2.75, 3.05) is 13.1 Å². The molecule has 1 saturated heterocycles. The quantitative estimate of drug-likeness (QED) is 0.384. The van der Waals surface area contributed by atoms with Gasteiger partial charge >= 0.3 is 6.03 Å². The molecular weight excluding hydrogens is 328 g/mol. The third-order valence-electron chi connectivity index (χ3n) is 5.36. The van der Waals surface area contributed by atoms with Gasteiger partial charge in [0.15, 0.2) is 0 Å². The molecule has 0 radical (unpaired) electrons. The summed E-state index contributed by atoms with van der Waals surface area (Å²) in [5, 5.41) is 6.75. The second-order valence-electron chi connectivity index (χ2n) is 7.67. The van der Waals surface area contributed by atoms with Crippen LogP contribution in [0, 0.1) is 0 Å². The van der Waals surface area contributed by atoms with Crippen LogP contribution in [-0.2, 0) is 4.79 Å². The lowest BCUT2D eigenvalue weighted by molar-refractivity contribution is -0.135. The van der Waals surface area contributed by atoms with E-state index >= 15 is 0 Å². The minimum absolute atomic E-state index is 0.0726. The van der Waals surface area contributed by atoms with Crippen molar-refractivity contribution in [1.82, 2.24) is 20.4 Å². The van der Waals surface area contributed by atoms with Crippen LogP contribution in [0.3, 0.4) is 0 Å². The Labute approximate surface area is 160 Å². The van der Waals surface area contributed by atoms with Crippen LogP contribution in [0.15, 0.2) is 0 Å². The summed E-state index contributed by atoms with van der Waals surface area (Å²) in [7, 11) is 0. The highest BCUT2D eigenvalue weighted by Gasteiger charge is 2.56. The number of urea groups is 1. The van der Waals surface area contributed by atoms with Gasteiger partial charge in [-0.05, 0) is 53.1 Å². The summed E-state index contributed by atoms with van der Waals surface area (Å²) in [5.41, 5.74) is -0.771. The highest BCUT2D eigenvalue weighted by molar-refractivity contribution is 6.07. The van der Waals surface area contributed by atoms with Crippen molar-refractivity contribution < 1.29 is 9.59 Å². The van der Waals surface area contributed by atoms with E-state index in [1.165, 1.54) is 4.90 Å².